The van der Waals surface area contributed by atoms with Crippen molar-refractivity contribution >= 4 is 21.8 Å². The normalized spacial score (nSPS) is 19.3. The molecule has 1 saturated heterocycles. The molecule has 0 atom stereocenters. The van der Waals surface area contributed by atoms with Gasteiger partial charge in [-0.25, -0.2) is 13.2 Å². The van der Waals surface area contributed by atoms with Gasteiger partial charge in [0.15, 0.2) is 5.76 Å². The van der Waals surface area contributed by atoms with E-state index >= 15 is 0 Å². The van der Waals surface area contributed by atoms with Crippen molar-refractivity contribution in [3.63, 3.8) is 0 Å². The molecule has 2 aliphatic heterocycles. The van der Waals surface area contributed by atoms with Gasteiger partial charge < -0.3 is 9.26 Å². The van der Waals surface area contributed by atoms with Crippen molar-refractivity contribution in [3.05, 3.63) is 41.8 Å². The van der Waals surface area contributed by atoms with Gasteiger partial charge >= 0.3 is 6.09 Å². The molecule has 0 bridgehead atoms. The number of carbonyl (C=O) groups excluding carboxylic acids is 1. The van der Waals surface area contributed by atoms with Crippen LogP contribution in [0.15, 0.2) is 39.9 Å². The second-order valence-electron chi connectivity index (χ2n) is 6.43. The topological polar surface area (TPSA) is 93.0 Å². The molecule has 138 valence electrons. The molecule has 2 aromatic rings. The fourth-order valence-corrected chi connectivity index (χ4v) is 5.08. The number of para-hydroxylation sites is 1. The number of carbonyl (C=O) groups is 1. The Morgan fingerprint density at radius 1 is 1.19 bits per heavy atom. The highest BCUT2D eigenvalue weighted by molar-refractivity contribution is 7.89. The monoisotopic (exact) mass is 377 g/mol. The number of ether oxygens (including phenoxy) is 1. The molecule has 1 amide bonds. The molecule has 0 spiro atoms. The van der Waals surface area contributed by atoms with Gasteiger partial charge in [-0.05, 0) is 25.8 Å². The molecule has 0 radical (unpaired) electrons. The maximum atomic E-state index is 12.7. The Kier molecular flexibility index (Phi) is 4.20. The summed E-state index contributed by atoms with van der Waals surface area (Å²) in [5.74, 6) is 0.278. The molecule has 8 nitrogen and oxygen atoms in total. The maximum Gasteiger partial charge on any atom is 0.414 e. The number of aromatic nitrogens is 1. The van der Waals surface area contributed by atoms with Crippen LogP contribution >= 0.6 is 0 Å². The summed E-state index contributed by atoms with van der Waals surface area (Å²) in [5, 5.41) is 3.56. The lowest BCUT2D eigenvalue weighted by molar-refractivity contribution is 0.136. The lowest BCUT2D eigenvalue weighted by Gasteiger charge is -2.39. The summed E-state index contributed by atoms with van der Waals surface area (Å²) >= 11 is 0. The quantitative estimate of drug-likeness (QED) is 0.815. The van der Waals surface area contributed by atoms with E-state index in [9.17, 15) is 13.2 Å². The zero-order valence-electron chi connectivity index (χ0n) is 14.3. The molecule has 1 aromatic carbocycles. The summed E-state index contributed by atoms with van der Waals surface area (Å²) < 4.78 is 37.1. The first kappa shape index (κ1) is 17.0. The highest BCUT2D eigenvalue weighted by Crippen LogP contribution is 2.33. The van der Waals surface area contributed by atoms with Gasteiger partial charge in [-0.15, -0.1) is 0 Å². The van der Waals surface area contributed by atoms with Crippen LogP contribution in [0, 0.1) is 6.92 Å². The number of aryl methyl sites for hydroxylation is 1. The third-order valence-corrected chi connectivity index (χ3v) is 6.91. The van der Waals surface area contributed by atoms with Gasteiger partial charge in [0.1, 0.15) is 11.5 Å². The van der Waals surface area contributed by atoms with E-state index in [2.05, 4.69) is 5.16 Å². The van der Waals surface area contributed by atoms with E-state index in [1.807, 2.05) is 24.3 Å². The smallest absolute Gasteiger partial charge is 0.414 e. The van der Waals surface area contributed by atoms with Crippen molar-refractivity contribution in [2.75, 3.05) is 18.0 Å². The molecule has 26 heavy (non-hydrogen) atoms. The lowest BCUT2D eigenvalue weighted by atomic mass is 10.0. The summed E-state index contributed by atoms with van der Waals surface area (Å²) in [6.45, 7) is 2.49. The van der Waals surface area contributed by atoms with Crippen molar-refractivity contribution in [3.8, 4) is 0 Å². The van der Waals surface area contributed by atoms with Crippen molar-refractivity contribution in [1.29, 1.82) is 0 Å². The number of hydrogen-bond acceptors (Lipinski definition) is 6. The first-order valence-electron chi connectivity index (χ1n) is 8.44. The van der Waals surface area contributed by atoms with Gasteiger partial charge in [0.25, 0.3) is 0 Å². The number of rotatable bonds is 3. The van der Waals surface area contributed by atoms with Gasteiger partial charge in [0.05, 0.1) is 11.9 Å². The average molecular weight is 377 g/mol. The van der Waals surface area contributed by atoms with E-state index in [1.165, 1.54) is 10.5 Å². The molecular formula is C17H19N3O5S. The molecule has 1 aromatic heterocycles. The first-order valence-corrected chi connectivity index (χ1v) is 9.88. The Bertz CT molecular complexity index is 931. The predicted octanol–water partition coefficient (Wildman–Crippen LogP) is 2.29. The van der Waals surface area contributed by atoms with Gasteiger partial charge in [-0.2, -0.15) is 4.31 Å². The van der Waals surface area contributed by atoms with E-state index in [-0.39, 0.29) is 29.4 Å². The van der Waals surface area contributed by atoms with Crippen LogP contribution in [0.25, 0.3) is 0 Å². The first-order chi connectivity index (χ1) is 12.5. The van der Waals surface area contributed by atoms with Gasteiger partial charge in [0.2, 0.25) is 10.0 Å². The molecule has 4 rings (SSSR count). The van der Waals surface area contributed by atoms with E-state index in [0.29, 0.717) is 25.9 Å². The Morgan fingerprint density at radius 2 is 1.92 bits per heavy atom. The molecular weight excluding hydrogens is 358 g/mol. The van der Waals surface area contributed by atoms with Crippen LogP contribution in [0.3, 0.4) is 0 Å². The van der Waals surface area contributed by atoms with Crippen LogP contribution < -0.4 is 4.90 Å². The summed E-state index contributed by atoms with van der Waals surface area (Å²) in [6, 6.07) is 7.53. The standard InChI is InChI=1S/C17H19N3O5S/c1-12-16(10-18-25-12)26(22,23)19-8-6-14(7-9-19)20-15-5-3-2-4-13(15)11-24-17(20)21/h2-5,10,14H,6-9,11H2,1H3. The molecule has 0 saturated carbocycles. The Hall–Kier alpha value is -2.39. The Morgan fingerprint density at radius 3 is 2.62 bits per heavy atom. The van der Waals surface area contributed by atoms with Crippen LogP contribution in [0.2, 0.25) is 0 Å². The van der Waals surface area contributed by atoms with E-state index in [4.69, 9.17) is 9.26 Å². The van der Waals surface area contributed by atoms with E-state index in [0.717, 1.165) is 11.3 Å². The third kappa shape index (κ3) is 2.77. The highest BCUT2D eigenvalue weighted by atomic mass is 32.2. The number of amides is 1. The second kappa shape index (κ2) is 6.40. The van der Waals surface area contributed by atoms with Crippen LogP contribution in [0.4, 0.5) is 10.5 Å². The Balaban J connectivity index is 1.53. The van der Waals surface area contributed by atoms with Crippen molar-refractivity contribution in [1.82, 2.24) is 9.46 Å². The summed E-state index contributed by atoms with van der Waals surface area (Å²) in [6.07, 6.45) is 1.93. The highest BCUT2D eigenvalue weighted by Gasteiger charge is 2.37. The van der Waals surface area contributed by atoms with Crippen LogP contribution in [-0.4, -0.2) is 43.1 Å². The molecule has 0 aliphatic carbocycles. The van der Waals surface area contributed by atoms with Crippen LogP contribution in [0.1, 0.15) is 24.2 Å². The van der Waals surface area contributed by atoms with Crippen molar-refractivity contribution in [2.45, 2.75) is 37.3 Å². The summed E-state index contributed by atoms with van der Waals surface area (Å²) in [4.78, 5) is 14.1. The molecule has 9 heteroatoms. The van der Waals surface area contributed by atoms with Crippen molar-refractivity contribution in [2.24, 2.45) is 0 Å². The summed E-state index contributed by atoms with van der Waals surface area (Å²) in [7, 11) is -3.64. The SMILES string of the molecule is Cc1oncc1S(=O)(=O)N1CCC(N2C(=O)OCc3ccccc32)CC1. The second-order valence-corrected chi connectivity index (χ2v) is 8.34. The minimum atomic E-state index is -3.64. The van der Waals surface area contributed by atoms with E-state index < -0.39 is 10.0 Å². The maximum absolute atomic E-state index is 12.7. The number of nitrogens with zero attached hydrogens (tertiary/aromatic N) is 3. The van der Waals surface area contributed by atoms with Crippen LogP contribution in [0.5, 0.6) is 0 Å². The molecule has 0 unspecified atom stereocenters. The predicted molar refractivity (Wildman–Crippen MR) is 92.1 cm³/mol. The molecule has 0 N–H and O–H groups in total. The number of sulfonamides is 1. The number of fused-ring (bicyclic) bond motifs is 1. The largest absolute Gasteiger partial charge is 0.444 e. The number of piperidine rings is 1. The van der Waals surface area contributed by atoms with Gasteiger partial charge in [0, 0.05) is 24.7 Å². The summed E-state index contributed by atoms with van der Waals surface area (Å²) in [5.41, 5.74) is 1.81. The fourth-order valence-electron chi connectivity index (χ4n) is 3.54. The lowest BCUT2D eigenvalue weighted by Crippen LogP contribution is -2.50. The minimum absolute atomic E-state index is 0.0960. The molecule has 3 heterocycles. The minimum Gasteiger partial charge on any atom is -0.444 e. The fraction of sp³-hybridized carbons (Fsp3) is 0.412. The molecule has 2 aliphatic rings. The number of cyclic esters (lactones) is 1. The van der Waals surface area contributed by atoms with Crippen LogP contribution in [-0.2, 0) is 21.4 Å². The Labute approximate surface area is 151 Å². The van der Waals surface area contributed by atoms with Gasteiger partial charge in [-0.3, -0.25) is 4.90 Å². The zero-order chi connectivity index (χ0) is 18.3. The van der Waals surface area contributed by atoms with Gasteiger partial charge in [-0.1, -0.05) is 23.4 Å². The third-order valence-electron chi connectivity index (χ3n) is 4.91. The number of benzene rings is 1. The molecule has 1 fully saturated rings. The van der Waals surface area contributed by atoms with Crippen molar-refractivity contribution < 1.29 is 22.5 Å². The van der Waals surface area contributed by atoms with E-state index in [1.54, 1.807) is 11.8 Å². The number of anilines is 1. The number of hydrogen-bond donors (Lipinski definition) is 0. The average Bonchev–Trinajstić information content (AvgIpc) is 3.09. The zero-order valence-corrected chi connectivity index (χ0v) is 15.1.